The van der Waals surface area contributed by atoms with Crippen LogP contribution in [0.4, 0.5) is 0 Å². The summed E-state index contributed by atoms with van der Waals surface area (Å²) in [6.07, 6.45) is 1.70. The third kappa shape index (κ3) is 2.70. The Bertz CT molecular complexity index is 405. The number of carbonyl (C=O) groups is 1. The summed E-state index contributed by atoms with van der Waals surface area (Å²) < 4.78 is 0. The van der Waals surface area contributed by atoms with E-state index in [9.17, 15) is 4.79 Å². The fourth-order valence-electron chi connectivity index (χ4n) is 1.24. The molecule has 86 valence electrons. The van der Waals surface area contributed by atoms with Gasteiger partial charge in [0.15, 0.2) is 0 Å². The van der Waals surface area contributed by atoms with Crippen molar-refractivity contribution in [3.8, 4) is 0 Å². The second-order valence-electron chi connectivity index (χ2n) is 4.68. The molecule has 0 unspecified atom stereocenters. The first-order chi connectivity index (χ1) is 7.36. The first-order valence-electron chi connectivity index (χ1n) is 5.18. The van der Waals surface area contributed by atoms with E-state index in [-0.39, 0.29) is 11.4 Å². The summed E-state index contributed by atoms with van der Waals surface area (Å²) in [6.45, 7) is 9.34. The van der Waals surface area contributed by atoms with Crippen molar-refractivity contribution in [3.05, 3.63) is 42.0 Å². The predicted octanol–water partition coefficient (Wildman–Crippen LogP) is 2.44. The standard InChI is InChI=1S/C13H18N2O/c1-5-10-7-6-8-11(9-10)12(16)15(14)13(2,3)4/h5-9H,1,14H2,2-4H3. The molecular formula is C13H18N2O. The summed E-state index contributed by atoms with van der Waals surface area (Å²) in [5, 5.41) is 1.25. The number of carbonyl (C=O) groups excluding carboxylic acids is 1. The third-order valence-corrected chi connectivity index (χ3v) is 2.31. The van der Waals surface area contributed by atoms with Crippen molar-refractivity contribution in [2.75, 3.05) is 0 Å². The Balaban J connectivity index is 3.01. The molecule has 0 aliphatic carbocycles. The van der Waals surface area contributed by atoms with Gasteiger partial charge in [-0.2, -0.15) is 0 Å². The van der Waals surface area contributed by atoms with Crippen LogP contribution in [0.2, 0.25) is 0 Å². The quantitative estimate of drug-likeness (QED) is 0.471. The van der Waals surface area contributed by atoms with Crippen molar-refractivity contribution in [3.63, 3.8) is 0 Å². The highest BCUT2D eigenvalue weighted by molar-refractivity contribution is 5.94. The summed E-state index contributed by atoms with van der Waals surface area (Å²) in [7, 11) is 0. The van der Waals surface area contributed by atoms with E-state index >= 15 is 0 Å². The van der Waals surface area contributed by atoms with Crippen LogP contribution in [0.25, 0.3) is 6.08 Å². The molecule has 0 heterocycles. The molecule has 0 bridgehead atoms. The van der Waals surface area contributed by atoms with E-state index in [0.717, 1.165) is 5.56 Å². The van der Waals surface area contributed by atoms with Crippen LogP contribution in [0.3, 0.4) is 0 Å². The maximum Gasteiger partial charge on any atom is 0.268 e. The number of amides is 1. The molecule has 0 aliphatic rings. The van der Waals surface area contributed by atoms with Gasteiger partial charge in [-0.05, 0) is 38.5 Å². The first-order valence-corrected chi connectivity index (χ1v) is 5.18. The number of nitrogens with zero attached hydrogens (tertiary/aromatic N) is 1. The molecular weight excluding hydrogens is 200 g/mol. The summed E-state index contributed by atoms with van der Waals surface area (Å²) in [6, 6.07) is 7.24. The number of benzene rings is 1. The van der Waals surface area contributed by atoms with Gasteiger partial charge in [0.1, 0.15) is 0 Å². The van der Waals surface area contributed by atoms with Crippen molar-refractivity contribution in [1.29, 1.82) is 0 Å². The second kappa shape index (κ2) is 4.49. The fourth-order valence-corrected chi connectivity index (χ4v) is 1.24. The van der Waals surface area contributed by atoms with Gasteiger partial charge in [0.2, 0.25) is 0 Å². The zero-order valence-corrected chi connectivity index (χ0v) is 10.0. The van der Waals surface area contributed by atoms with Crippen molar-refractivity contribution < 1.29 is 4.79 Å². The average Bonchev–Trinajstić information content (AvgIpc) is 2.26. The number of hydrogen-bond donors (Lipinski definition) is 1. The van der Waals surface area contributed by atoms with Gasteiger partial charge in [-0.1, -0.05) is 24.8 Å². The summed E-state index contributed by atoms with van der Waals surface area (Å²) in [5.74, 6) is 5.59. The Kier molecular flexibility index (Phi) is 3.50. The van der Waals surface area contributed by atoms with Gasteiger partial charge in [-0.25, -0.2) is 5.84 Å². The van der Waals surface area contributed by atoms with Crippen molar-refractivity contribution in [2.45, 2.75) is 26.3 Å². The lowest BCUT2D eigenvalue weighted by Gasteiger charge is -2.31. The molecule has 3 nitrogen and oxygen atoms in total. The van der Waals surface area contributed by atoms with Crippen LogP contribution in [0, 0.1) is 0 Å². The van der Waals surface area contributed by atoms with Crippen LogP contribution in [0.5, 0.6) is 0 Å². The van der Waals surface area contributed by atoms with Gasteiger partial charge in [0.25, 0.3) is 5.91 Å². The van der Waals surface area contributed by atoms with Gasteiger partial charge in [0.05, 0.1) is 5.54 Å². The average molecular weight is 218 g/mol. The molecule has 0 radical (unpaired) electrons. The van der Waals surface area contributed by atoms with E-state index in [0.29, 0.717) is 5.56 Å². The largest absolute Gasteiger partial charge is 0.271 e. The van der Waals surface area contributed by atoms with Gasteiger partial charge in [-0.3, -0.25) is 9.80 Å². The van der Waals surface area contributed by atoms with E-state index in [2.05, 4.69) is 6.58 Å². The minimum Gasteiger partial charge on any atom is -0.271 e. The van der Waals surface area contributed by atoms with Crippen LogP contribution < -0.4 is 5.84 Å². The number of nitrogens with two attached hydrogens (primary N) is 1. The molecule has 0 fully saturated rings. The van der Waals surface area contributed by atoms with Crippen LogP contribution in [-0.2, 0) is 0 Å². The van der Waals surface area contributed by atoms with E-state index in [1.54, 1.807) is 18.2 Å². The second-order valence-corrected chi connectivity index (χ2v) is 4.68. The third-order valence-electron chi connectivity index (χ3n) is 2.31. The lowest BCUT2D eigenvalue weighted by Crippen LogP contribution is -2.50. The molecule has 0 spiro atoms. The Morgan fingerprint density at radius 3 is 2.56 bits per heavy atom. The Hall–Kier alpha value is -1.61. The summed E-state index contributed by atoms with van der Waals surface area (Å²) in [4.78, 5) is 12.0. The van der Waals surface area contributed by atoms with Crippen LogP contribution in [-0.4, -0.2) is 16.5 Å². The highest BCUT2D eigenvalue weighted by Gasteiger charge is 2.24. The van der Waals surface area contributed by atoms with E-state index in [4.69, 9.17) is 5.84 Å². The molecule has 1 aromatic carbocycles. The molecule has 0 saturated carbocycles. The van der Waals surface area contributed by atoms with Gasteiger partial charge in [0, 0.05) is 5.56 Å². The monoisotopic (exact) mass is 218 g/mol. The lowest BCUT2D eigenvalue weighted by molar-refractivity contribution is 0.0582. The van der Waals surface area contributed by atoms with E-state index in [1.807, 2.05) is 32.9 Å². The van der Waals surface area contributed by atoms with Crippen LogP contribution in [0.15, 0.2) is 30.8 Å². The molecule has 1 amide bonds. The zero-order chi connectivity index (χ0) is 12.3. The molecule has 16 heavy (non-hydrogen) atoms. The maximum absolute atomic E-state index is 12.0. The number of hydrogen-bond acceptors (Lipinski definition) is 2. The van der Waals surface area contributed by atoms with Gasteiger partial charge < -0.3 is 0 Å². The SMILES string of the molecule is C=Cc1cccc(C(=O)N(N)C(C)(C)C)c1. The molecule has 0 atom stereocenters. The highest BCUT2D eigenvalue weighted by atomic mass is 16.2. The van der Waals surface area contributed by atoms with Gasteiger partial charge >= 0.3 is 0 Å². The minimum atomic E-state index is -0.388. The number of hydrazine groups is 1. The molecule has 0 aliphatic heterocycles. The molecule has 2 N–H and O–H groups in total. The van der Waals surface area contributed by atoms with Crippen LogP contribution in [0.1, 0.15) is 36.7 Å². The van der Waals surface area contributed by atoms with E-state index in [1.165, 1.54) is 5.01 Å². The Morgan fingerprint density at radius 1 is 1.44 bits per heavy atom. The molecule has 1 aromatic rings. The molecule has 0 saturated heterocycles. The van der Waals surface area contributed by atoms with Crippen molar-refractivity contribution in [1.82, 2.24) is 5.01 Å². The smallest absolute Gasteiger partial charge is 0.268 e. The van der Waals surface area contributed by atoms with Gasteiger partial charge in [-0.15, -0.1) is 0 Å². The van der Waals surface area contributed by atoms with Crippen molar-refractivity contribution >= 4 is 12.0 Å². The zero-order valence-electron chi connectivity index (χ0n) is 10.0. The normalized spacial score (nSPS) is 11.0. The summed E-state index contributed by atoms with van der Waals surface area (Å²) >= 11 is 0. The predicted molar refractivity (Wildman–Crippen MR) is 66.6 cm³/mol. The van der Waals surface area contributed by atoms with E-state index < -0.39 is 0 Å². The molecule has 1 rings (SSSR count). The Labute approximate surface area is 96.5 Å². The minimum absolute atomic E-state index is 0.184. The van der Waals surface area contributed by atoms with Crippen molar-refractivity contribution in [2.24, 2.45) is 5.84 Å². The molecule has 3 heteroatoms. The number of rotatable bonds is 2. The lowest BCUT2D eigenvalue weighted by atomic mass is 10.1. The first kappa shape index (κ1) is 12.5. The Morgan fingerprint density at radius 2 is 2.06 bits per heavy atom. The topological polar surface area (TPSA) is 46.3 Å². The molecule has 0 aromatic heterocycles. The fraction of sp³-hybridized carbons (Fsp3) is 0.308. The summed E-state index contributed by atoms with van der Waals surface area (Å²) in [5.41, 5.74) is 1.10. The van der Waals surface area contributed by atoms with Crippen LogP contribution >= 0.6 is 0 Å². The highest BCUT2D eigenvalue weighted by Crippen LogP contribution is 2.14. The maximum atomic E-state index is 12.0.